The summed E-state index contributed by atoms with van der Waals surface area (Å²) in [4.78, 5) is 32.5. The number of fused-ring (bicyclic) bond motifs is 2. The number of aromatic amines is 1. The number of dihydropyridines is 1. The van der Waals surface area contributed by atoms with Gasteiger partial charge in [0.25, 0.3) is 0 Å². The van der Waals surface area contributed by atoms with Gasteiger partial charge in [-0.25, -0.2) is 0 Å². The van der Waals surface area contributed by atoms with Gasteiger partial charge in [-0.05, 0) is 133 Å². The average Bonchev–Trinajstić information content (AvgIpc) is 3.95. The summed E-state index contributed by atoms with van der Waals surface area (Å²) in [6, 6.07) is 15.5. The van der Waals surface area contributed by atoms with Gasteiger partial charge in [0.15, 0.2) is 29.2 Å². The SMILES string of the molecule is CCCC(C(O)Cc1cc(C(C)CNCC(C)O)c[nH]1)C1CC2C(=O)C(O)C(=O)CCc3cc(OC)c(O)cc3C(c3ccccc3)C#CC2CC(C2(C3=CCNC(N)=C3)CCCC2)C1. The summed E-state index contributed by atoms with van der Waals surface area (Å²) in [6.45, 7) is 7.91. The van der Waals surface area contributed by atoms with E-state index in [4.69, 9.17) is 10.5 Å². The first-order valence-corrected chi connectivity index (χ1v) is 24.2. The summed E-state index contributed by atoms with van der Waals surface area (Å²) in [5, 5.41) is 51.7. The zero-order chi connectivity index (χ0) is 46.3. The molecule has 2 saturated carbocycles. The number of Topliss-reactive ketones (excluding diaryl/α,β-unsaturated/α-hetero) is 2. The predicted molar refractivity (Wildman–Crippen MR) is 254 cm³/mol. The summed E-state index contributed by atoms with van der Waals surface area (Å²) < 4.78 is 5.50. The second-order valence-corrected chi connectivity index (χ2v) is 19.6. The van der Waals surface area contributed by atoms with E-state index in [-0.39, 0.29) is 53.4 Å². The Balaban J connectivity index is 1.33. The van der Waals surface area contributed by atoms with Crippen LogP contribution in [0.4, 0.5) is 0 Å². The van der Waals surface area contributed by atoms with Gasteiger partial charge < -0.3 is 46.5 Å². The molecular formula is C54H72N4O7. The third-order valence-corrected chi connectivity index (χ3v) is 15.2. The molecule has 1 aromatic heterocycles. The van der Waals surface area contributed by atoms with Gasteiger partial charge in [-0.2, -0.15) is 0 Å². The van der Waals surface area contributed by atoms with Gasteiger partial charge in [0.05, 0.1) is 31.1 Å². The zero-order valence-corrected chi connectivity index (χ0v) is 38.8. The van der Waals surface area contributed by atoms with E-state index in [9.17, 15) is 30.0 Å². The van der Waals surface area contributed by atoms with E-state index < -0.39 is 47.6 Å². The molecule has 2 fully saturated rings. The Morgan fingerprint density at radius 3 is 2.48 bits per heavy atom. The number of H-pyrrole nitrogens is 1. The monoisotopic (exact) mass is 889 g/mol. The first-order valence-electron chi connectivity index (χ1n) is 24.2. The van der Waals surface area contributed by atoms with Crippen LogP contribution in [0.3, 0.4) is 0 Å². The number of aliphatic hydroxyl groups is 3. The molecule has 2 heterocycles. The number of methoxy groups -OCH3 is 1. The van der Waals surface area contributed by atoms with Gasteiger partial charge >= 0.3 is 0 Å². The smallest absolute Gasteiger partial charge is 0.173 e. The first-order chi connectivity index (χ1) is 31.3. The van der Waals surface area contributed by atoms with E-state index >= 15 is 0 Å². The number of phenolic OH excluding ortho intramolecular Hbond substituents is 1. The number of aromatic nitrogens is 1. The molecule has 0 saturated heterocycles. The average molecular weight is 889 g/mol. The van der Waals surface area contributed by atoms with Crippen molar-refractivity contribution in [2.24, 2.45) is 40.7 Å². The molecular weight excluding hydrogens is 817 g/mol. The van der Waals surface area contributed by atoms with Crippen molar-refractivity contribution in [3.8, 4) is 23.3 Å². The molecule has 10 atom stereocenters. The highest BCUT2D eigenvalue weighted by molar-refractivity contribution is 6.06. The molecule has 7 rings (SSSR count). The maximum atomic E-state index is 15.0. The summed E-state index contributed by atoms with van der Waals surface area (Å²) >= 11 is 0. The largest absolute Gasteiger partial charge is 0.504 e. The van der Waals surface area contributed by atoms with Crippen molar-refractivity contribution in [1.29, 1.82) is 0 Å². The molecule has 0 amide bonds. The molecule has 350 valence electrons. The number of hydrogen-bond donors (Lipinski definition) is 8. The Bertz CT molecular complexity index is 2230. The number of nitrogens with one attached hydrogen (secondary N) is 3. The maximum absolute atomic E-state index is 15.0. The maximum Gasteiger partial charge on any atom is 0.173 e. The van der Waals surface area contributed by atoms with E-state index in [1.165, 1.54) is 12.7 Å². The Kier molecular flexibility index (Phi) is 16.0. The van der Waals surface area contributed by atoms with Crippen LogP contribution in [0, 0.1) is 46.8 Å². The molecule has 4 aliphatic rings. The van der Waals surface area contributed by atoms with Crippen LogP contribution in [-0.4, -0.2) is 82.0 Å². The number of carbonyl (C=O) groups is 2. The molecule has 0 radical (unpaired) electrons. The molecule has 3 aromatic rings. The van der Waals surface area contributed by atoms with Gasteiger partial charge in [0.1, 0.15) is 0 Å². The lowest BCUT2D eigenvalue weighted by Gasteiger charge is -2.43. The van der Waals surface area contributed by atoms with Gasteiger partial charge in [0.2, 0.25) is 0 Å². The van der Waals surface area contributed by atoms with Crippen molar-refractivity contribution in [2.75, 3.05) is 26.7 Å². The van der Waals surface area contributed by atoms with E-state index in [1.54, 1.807) is 19.1 Å². The second kappa shape index (κ2) is 21.6. The topological polar surface area (TPSA) is 190 Å². The predicted octanol–water partition coefficient (Wildman–Crippen LogP) is 6.94. The third-order valence-electron chi connectivity index (χ3n) is 15.2. The normalized spacial score (nSPS) is 26.5. The molecule has 10 unspecified atom stereocenters. The number of carbonyl (C=O) groups excluding carboxylic acids is 2. The van der Waals surface area contributed by atoms with Crippen molar-refractivity contribution in [3.05, 3.63) is 106 Å². The number of allylic oxidation sites excluding steroid dienone is 2. The molecule has 65 heavy (non-hydrogen) atoms. The zero-order valence-electron chi connectivity index (χ0n) is 38.8. The van der Waals surface area contributed by atoms with Crippen LogP contribution in [0.25, 0.3) is 0 Å². The molecule has 11 heteroatoms. The van der Waals surface area contributed by atoms with Crippen LogP contribution < -0.4 is 21.1 Å². The van der Waals surface area contributed by atoms with Crippen molar-refractivity contribution >= 4 is 11.6 Å². The van der Waals surface area contributed by atoms with Crippen LogP contribution in [0.2, 0.25) is 0 Å². The van der Waals surface area contributed by atoms with Crippen molar-refractivity contribution < 1.29 is 34.8 Å². The third kappa shape index (κ3) is 11.1. The lowest BCUT2D eigenvalue weighted by molar-refractivity contribution is -0.142. The van der Waals surface area contributed by atoms with Crippen LogP contribution in [-0.2, 0) is 22.4 Å². The molecule has 1 aliphatic heterocycles. The standard InChI is InChI=1S/C54H72N4O7/c1-5-11-44(48(61)28-42-24-39(32-58-42)33(2)30-56-31-34(3)59)38-23-41(54(19-9-10-20-54)40-18-21-57-51(55)27-40)22-36-14-16-43(35-12-7-6-8-13-35)45-29-49(62)50(65-4)26-37(45)15-17-47(60)53(64)52(63)46(36)25-38/h6-8,12-13,18,24,26-27,29,32-34,36,38,41,43-44,46,48,53,56-59,61-62,64H,5,9-11,15,17,19-23,25,28,30-31,55H2,1-4H3. The fourth-order valence-electron chi connectivity index (χ4n) is 11.8. The summed E-state index contributed by atoms with van der Waals surface area (Å²) in [5.74, 6) is 5.47. The lowest BCUT2D eigenvalue weighted by atomic mass is 9.62. The molecule has 0 bridgehead atoms. The van der Waals surface area contributed by atoms with Crippen molar-refractivity contribution in [1.82, 2.24) is 15.6 Å². The number of aliphatic hydroxyl groups excluding tert-OH is 3. The van der Waals surface area contributed by atoms with E-state index in [1.807, 2.05) is 36.5 Å². The van der Waals surface area contributed by atoms with E-state index in [0.29, 0.717) is 44.7 Å². The Morgan fingerprint density at radius 2 is 1.77 bits per heavy atom. The number of rotatable bonds is 15. The molecule has 2 aromatic carbocycles. The molecule has 3 aliphatic carbocycles. The van der Waals surface area contributed by atoms with Crippen LogP contribution >= 0.6 is 0 Å². The number of benzene rings is 2. The summed E-state index contributed by atoms with van der Waals surface area (Å²) in [7, 11) is 1.48. The van der Waals surface area contributed by atoms with Gasteiger partial charge in [-0.1, -0.05) is 81.4 Å². The molecule has 0 spiro atoms. The van der Waals surface area contributed by atoms with Gasteiger partial charge in [-0.15, -0.1) is 0 Å². The minimum Gasteiger partial charge on any atom is -0.504 e. The minimum absolute atomic E-state index is 0.0288. The number of aryl methyl sites for hydroxylation is 1. The van der Waals surface area contributed by atoms with E-state index in [0.717, 1.165) is 72.9 Å². The molecule has 9 N–H and O–H groups in total. The van der Waals surface area contributed by atoms with Crippen LogP contribution in [0.1, 0.15) is 125 Å². The highest BCUT2D eigenvalue weighted by atomic mass is 16.5. The second-order valence-electron chi connectivity index (χ2n) is 19.6. The highest BCUT2D eigenvalue weighted by Gasteiger charge is 2.50. The lowest BCUT2D eigenvalue weighted by Crippen LogP contribution is -2.40. The first kappa shape index (κ1) is 48.1. The minimum atomic E-state index is -1.81. The van der Waals surface area contributed by atoms with Gasteiger partial charge in [-0.3, -0.25) is 9.59 Å². The highest BCUT2D eigenvalue weighted by Crippen LogP contribution is 2.57. The Hall–Kier alpha value is -4.86. The van der Waals surface area contributed by atoms with Crippen molar-refractivity contribution in [3.63, 3.8) is 0 Å². The van der Waals surface area contributed by atoms with Crippen molar-refractivity contribution in [2.45, 2.75) is 128 Å². The van der Waals surface area contributed by atoms with Crippen LogP contribution in [0.5, 0.6) is 11.5 Å². The Labute approximate surface area is 385 Å². The summed E-state index contributed by atoms with van der Waals surface area (Å²) in [6.07, 6.45) is 11.4. The molecule has 11 nitrogen and oxygen atoms in total. The number of ketones is 2. The van der Waals surface area contributed by atoms with Gasteiger partial charge in [0, 0.05) is 56.2 Å². The van der Waals surface area contributed by atoms with Crippen LogP contribution in [0.15, 0.2) is 78.3 Å². The van der Waals surface area contributed by atoms with E-state index in [2.05, 4.69) is 59.5 Å². The number of aromatic hydroxyl groups is 1. The fourth-order valence-corrected chi connectivity index (χ4v) is 11.8. The number of hydrogen-bond acceptors (Lipinski definition) is 10. The Morgan fingerprint density at radius 1 is 1.00 bits per heavy atom. The summed E-state index contributed by atoms with van der Waals surface area (Å²) in [5.41, 5.74) is 12.0. The fraction of sp³-hybridized carbons (Fsp3) is 0.556. The quantitative estimate of drug-likeness (QED) is 0.0586. The number of phenols is 1. The number of ether oxygens (including phenoxy) is 1. The number of nitrogens with two attached hydrogens (primary N) is 1.